The molecule has 23 heavy (non-hydrogen) atoms. The predicted molar refractivity (Wildman–Crippen MR) is 89.2 cm³/mol. The number of ether oxygens (including phenoxy) is 1. The van der Waals surface area contributed by atoms with E-state index in [-0.39, 0.29) is 5.75 Å². The van der Waals surface area contributed by atoms with Gasteiger partial charge in [-0.25, -0.2) is 0 Å². The normalized spacial score (nSPS) is 16.3. The van der Waals surface area contributed by atoms with Gasteiger partial charge in [-0.2, -0.15) is 0 Å². The fourth-order valence-corrected chi connectivity index (χ4v) is 3.59. The second-order valence-corrected chi connectivity index (χ2v) is 7.01. The first-order valence-electron chi connectivity index (χ1n) is 7.48. The smallest absolute Gasteiger partial charge is 0.320 e. The van der Waals surface area contributed by atoms with E-state index in [4.69, 9.17) is 4.74 Å². The highest BCUT2D eigenvalue weighted by Gasteiger charge is 2.26. The Hall–Kier alpha value is -2.05. The summed E-state index contributed by atoms with van der Waals surface area (Å²) < 4.78 is 5.65. The van der Waals surface area contributed by atoms with Crippen molar-refractivity contribution in [3.8, 4) is 21.9 Å². The van der Waals surface area contributed by atoms with Crippen LogP contribution in [0, 0.1) is 6.92 Å². The lowest BCUT2D eigenvalue weighted by Gasteiger charge is -2.23. The number of aromatic hydroxyl groups is 1. The van der Waals surface area contributed by atoms with Gasteiger partial charge in [0.15, 0.2) is 11.5 Å². The summed E-state index contributed by atoms with van der Waals surface area (Å²) >= 11 is 1.66. The summed E-state index contributed by atoms with van der Waals surface area (Å²) in [6, 6.07) is 7.15. The van der Waals surface area contributed by atoms with Crippen LogP contribution < -0.4 is 4.74 Å². The Kier molecular flexibility index (Phi) is 4.28. The predicted octanol–water partition coefficient (Wildman–Crippen LogP) is 3.10. The lowest BCUT2D eigenvalue weighted by atomic mass is 10.1. The zero-order valence-corrected chi connectivity index (χ0v) is 13.9. The van der Waals surface area contributed by atoms with Crippen molar-refractivity contribution >= 4 is 17.3 Å². The van der Waals surface area contributed by atoms with Crippen LogP contribution in [-0.2, 0) is 11.3 Å². The highest BCUT2D eigenvalue weighted by Crippen LogP contribution is 2.39. The molecule has 5 nitrogen and oxygen atoms in total. The number of hydrogen-bond acceptors (Lipinski definition) is 5. The molecule has 2 aromatic rings. The lowest BCUT2D eigenvalue weighted by molar-refractivity contribution is -0.142. The number of fused-ring (bicyclic) bond motifs is 1. The van der Waals surface area contributed by atoms with E-state index in [2.05, 4.69) is 0 Å². The van der Waals surface area contributed by atoms with Crippen LogP contribution in [-0.4, -0.2) is 40.3 Å². The molecule has 0 amide bonds. The van der Waals surface area contributed by atoms with E-state index in [9.17, 15) is 15.0 Å². The number of nitrogens with zero attached hydrogens (tertiary/aromatic N) is 1. The average Bonchev–Trinajstić information content (AvgIpc) is 2.81. The molecule has 1 aromatic carbocycles. The van der Waals surface area contributed by atoms with Crippen LogP contribution in [0.4, 0.5) is 0 Å². The number of aliphatic carboxylic acids is 1. The van der Waals surface area contributed by atoms with Crippen LogP contribution in [0.2, 0.25) is 0 Å². The van der Waals surface area contributed by atoms with Crippen molar-refractivity contribution in [1.82, 2.24) is 4.90 Å². The lowest BCUT2D eigenvalue weighted by Crippen LogP contribution is -2.39. The number of benzene rings is 1. The first kappa shape index (κ1) is 15.8. The van der Waals surface area contributed by atoms with Gasteiger partial charge in [0.2, 0.25) is 0 Å². The molecule has 2 N–H and O–H groups in total. The number of phenolic OH excluding ortho intramolecular Hbond substituents is 1. The number of carboxylic acid groups (broad SMARTS) is 1. The zero-order valence-electron chi connectivity index (χ0n) is 13.1. The summed E-state index contributed by atoms with van der Waals surface area (Å²) in [4.78, 5) is 15.4. The van der Waals surface area contributed by atoms with Crippen LogP contribution in [0.15, 0.2) is 24.3 Å². The largest absolute Gasteiger partial charge is 0.504 e. The molecule has 0 spiro atoms. The Morgan fingerprint density at radius 3 is 2.83 bits per heavy atom. The summed E-state index contributed by atoms with van der Waals surface area (Å²) in [5.41, 5.74) is 1.74. The summed E-state index contributed by atoms with van der Waals surface area (Å²) in [6.07, 6.45) is 0. The standard InChI is InChI=1S/C17H19NO4S/c1-10-3-4-15(23-10)12-7-13-9-18(11(2)17(20)21)5-6-22-16(13)14(19)8-12/h3-4,7-8,11,19H,5-6,9H2,1-2H3,(H,20,21)/t11-/m0/s1. The van der Waals surface area contributed by atoms with Crippen molar-refractivity contribution in [1.29, 1.82) is 0 Å². The fourth-order valence-electron chi connectivity index (χ4n) is 2.74. The van der Waals surface area contributed by atoms with Crippen LogP contribution in [0.3, 0.4) is 0 Å². The van der Waals surface area contributed by atoms with Crippen molar-refractivity contribution < 1.29 is 19.7 Å². The molecule has 0 unspecified atom stereocenters. The van der Waals surface area contributed by atoms with E-state index in [1.807, 2.05) is 30.0 Å². The Labute approximate surface area is 138 Å². The van der Waals surface area contributed by atoms with Gasteiger partial charge in [0.05, 0.1) is 0 Å². The maximum Gasteiger partial charge on any atom is 0.320 e. The Balaban J connectivity index is 1.99. The minimum Gasteiger partial charge on any atom is -0.504 e. The number of hydrogen-bond donors (Lipinski definition) is 2. The minimum atomic E-state index is -0.859. The molecule has 0 saturated carbocycles. The van der Waals surface area contributed by atoms with Crippen molar-refractivity contribution in [2.45, 2.75) is 26.4 Å². The maximum absolute atomic E-state index is 11.3. The van der Waals surface area contributed by atoms with Gasteiger partial charge in [-0.15, -0.1) is 11.3 Å². The van der Waals surface area contributed by atoms with E-state index in [0.717, 1.165) is 16.0 Å². The molecule has 1 aliphatic rings. The molecular weight excluding hydrogens is 314 g/mol. The highest BCUT2D eigenvalue weighted by atomic mass is 32.1. The highest BCUT2D eigenvalue weighted by molar-refractivity contribution is 7.15. The van der Waals surface area contributed by atoms with Gasteiger partial charge in [-0.3, -0.25) is 9.69 Å². The second-order valence-electron chi connectivity index (χ2n) is 5.73. The quantitative estimate of drug-likeness (QED) is 0.903. The first-order valence-corrected chi connectivity index (χ1v) is 8.29. The third-order valence-corrected chi connectivity index (χ3v) is 5.12. The summed E-state index contributed by atoms with van der Waals surface area (Å²) in [5, 5.41) is 19.5. The topological polar surface area (TPSA) is 70.0 Å². The molecule has 6 heteroatoms. The van der Waals surface area contributed by atoms with Crippen LogP contribution in [0.5, 0.6) is 11.5 Å². The number of carbonyl (C=O) groups is 1. The molecule has 1 atom stereocenters. The van der Waals surface area contributed by atoms with E-state index in [1.165, 1.54) is 4.88 Å². The van der Waals surface area contributed by atoms with Crippen LogP contribution in [0.1, 0.15) is 17.4 Å². The number of aryl methyl sites for hydroxylation is 1. The van der Waals surface area contributed by atoms with Gasteiger partial charge in [-0.05, 0) is 43.7 Å². The molecular formula is C17H19NO4S. The number of thiophene rings is 1. The molecule has 1 aliphatic heterocycles. The summed E-state index contributed by atoms with van der Waals surface area (Å²) in [7, 11) is 0. The molecule has 2 heterocycles. The number of phenols is 1. The Bertz CT molecular complexity index is 740. The van der Waals surface area contributed by atoms with Gasteiger partial charge in [0, 0.05) is 28.4 Å². The molecule has 3 rings (SSSR count). The van der Waals surface area contributed by atoms with Gasteiger partial charge in [0.1, 0.15) is 12.6 Å². The van der Waals surface area contributed by atoms with Crippen LogP contribution >= 0.6 is 11.3 Å². The van der Waals surface area contributed by atoms with Crippen molar-refractivity contribution in [3.63, 3.8) is 0 Å². The van der Waals surface area contributed by atoms with Crippen LogP contribution in [0.25, 0.3) is 10.4 Å². The molecule has 0 radical (unpaired) electrons. The monoisotopic (exact) mass is 333 g/mol. The van der Waals surface area contributed by atoms with E-state index in [1.54, 1.807) is 24.3 Å². The molecule has 0 bridgehead atoms. The molecule has 0 saturated heterocycles. The van der Waals surface area contributed by atoms with Gasteiger partial charge < -0.3 is 14.9 Å². The van der Waals surface area contributed by atoms with Crippen molar-refractivity contribution in [2.24, 2.45) is 0 Å². The minimum absolute atomic E-state index is 0.105. The van der Waals surface area contributed by atoms with Crippen molar-refractivity contribution in [3.05, 3.63) is 34.7 Å². The third kappa shape index (κ3) is 3.18. The molecule has 0 fully saturated rings. The van der Waals surface area contributed by atoms with Crippen molar-refractivity contribution in [2.75, 3.05) is 13.2 Å². The third-order valence-electron chi connectivity index (χ3n) is 4.07. The number of carboxylic acids is 1. The van der Waals surface area contributed by atoms with Gasteiger partial charge >= 0.3 is 5.97 Å². The molecule has 0 aliphatic carbocycles. The summed E-state index contributed by atoms with van der Waals surface area (Å²) in [5.74, 6) is -0.293. The molecule has 1 aromatic heterocycles. The second kappa shape index (κ2) is 6.22. The summed E-state index contributed by atoms with van der Waals surface area (Å²) in [6.45, 7) is 5.01. The first-order chi connectivity index (χ1) is 11.0. The zero-order chi connectivity index (χ0) is 16.6. The maximum atomic E-state index is 11.3. The Morgan fingerprint density at radius 1 is 1.39 bits per heavy atom. The molecule has 122 valence electrons. The SMILES string of the molecule is Cc1ccc(-c2cc(O)c3c(c2)CN([C@@H](C)C(=O)O)CCO3)s1. The van der Waals surface area contributed by atoms with Gasteiger partial charge in [-0.1, -0.05) is 0 Å². The average molecular weight is 333 g/mol. The Morgan fingerprint density at radius 2 is 2.17 bits per heavy atom. The van der Waals surface area contributed by atoms with E-state index >= 15 is 0 Å². The fraction of sp³-hybridized carbons (Fsp3) is 0.353. The van der Waals surface area contributed by atoms with Gasteiger partial charge in [0.25, 0.3) is 0 Å². The number of rotatable bonds is 3. The van der Waals surface area contributed by atoms with E-state index < -0.39 is 12.0 Å². The van der Waals surface area contributed by atoms with E-state index in [0.29, 0.717) is 25.4 Å².